The zero-order valence-corrected chi connectivity index (χ0v) is 11.8. The van der Waals surface area contributed by atoms with Gasteiger partial charge in [-0.25, -0.2) is 0 Å². The van der Waals surface area contributed by atoms with E-state index in [1.165, 1.54) is 12.8 Å². The van der Waals surface area contributed by atoms with Crippen molar-refractivity contribution >= 4 is 0 Å². The van der Waals surface area contributed by atoms with Gasteiger partial charge in [0.25, 0.3) is 0 Å². The van der Waals surface area contributed by atoms with Gasteiger partial charge in [-0.1, -0.05) is 0 Å². The molecule has 0 radical (unpaired) electrons. The van der Waals surface area contributed by atoms with E-state index in [0.717, 1.165) is 0 Å². The Morgan fingerprint density at radius 1 is 0.846 bits per heavy atom. The molecule has 0 spiro atoms. The molecular formula is C10H10Cl2Ta. The molecule has 13 heavy (non-hydrogen) atoms. The Labute approximate surface area is 101 Å². The van der Waals surface area contributed by atoms with Gasteiger partial charge >= 0.3 is 76.6 Å². The monoisotopic (exact) mass is 381 g/mol. The van der Waals surface area contributed by atoms with Crippen LogP contribution in [0.15, 0.2) is 44.0 Å². The van der Waals surface area contributed by atoms with Crippen molar-refractivity contribution in [3.05, 3.63) is 44.0 Å². The molecule has 0 nitrogen and oxygen atoms in total. The van der Waals surface area contributed by atoms with Crippen LogP contribution in [0.4, 0.5) is 0 Å². The van der Waals surface area contributed by atoms with Crippen LogP contribution in [0.5, 0.6) is 0 Å². The Morgan fingerprint density at radius 2 is 1.31 bits per heavy atom. The van der Waals surface area contributed by atoms with Crippen LogP contribution in [0.1, 0.15) is 12.8 Å². The molecule has 0 fully saturated rings. The van der Waals surface area contributed by atoms with Crippen molar-refractivity contribution in [2.24, 2.45) is 0 Å². The number of hydrogen-bond acceptors (Lipinski definition) is 0. The Morgan fingerprint density at radius 3 is 1.62 bits per heavy atom. The summed E-state index contributed by atoms with van der Waals surface area (Å²) >= 11 is -0.404. The number of hydrogen-bond donors (Lipinski definition) is 0. The van der Waals surface area contributed by atoms with Gasteiger partial charge in [0.2, 0.25) is 0 Å². The van der Waals surface area contributed by atoms with E-state index in [1.54, 1.807) is 7.58 Å². The first-order chi connectivity index (χ1) is 5.45. The van der Waals surface area contributed by atoms with Crippen LogP contribution in [0, 0.1) is 0 Å². The third kappa shape index (κ3) is 3.88. The quantitative estimate of drug-likeness (QED) is 0.472. The maximum absolute atomic E-state index is 2.32. The van der Waals surface area contributed by atoms with Crippen molar-refractivity contribution in [1.29, 1.82) is 0 Å². The smallest absolute Gasteiger partial charge is 1.00 e. The van der Waals surface area contributed by atoms with Gasteiger partial charge in [-0.3, -0.25) is 0 Å². The van der Waals surface area contributed by atoms with Crippen molar-refractivity contribution in [1.82, 2.24) is 0 Å². The molecule has 0 atom stereocenters. The number of halogens is 2. The summed E-state index contributed by atoms with van der Waals surface area (Å²) < 4.78 is 3.47. The molecule has 69 valence electrons. The van der Waals surface area contributed by atoms with Crippen molar-refractivity contribution in [3.63, 3.8) is 0 Å². The summed E-state index contributed by atoms with van der Waals surface area (Å²) in [6, 6.07) is 0. The molecule has 2 rings (SSSR count). The fourth-order valence-electron chi connectivity index (χ4n) is 1.22. The van der Waals surface area contributed by atoms with E-state index in [-0.39, 0.29) is 24.8 Å². The van der Waals surface area contributed by atoms with Crippen LogP contribution in [-0.4, -0.2) is 0 Å². The van der Waals surface area contributed by atoms with Crippen molar-refractivity contribution in [2.75, 3.05) is 0 Å². The Hall–Kier alpha value is 0.280. The predicted molar refractivity (Wildman–Crippen MR) is 43.7 cm³/mol. The summed E-state index contributed by atoms with van der Waals surface area (Å²) in [5.41, 5.74) is 0. The van der Waals surface area contributed by atoms with E-state index < -0.39 is 19.8 Å². The summed E-state index contributed by atoms with van der Waals surface area (Å²) in [5.74, 6) is 0. The third-order valence-electron chi connectivity index (χ3n) is 1.79. The summed E-state index contributed by atoms with van der Waals surface area (Å²) in [6.45, 7) is 0. The molecule has 0 aromatic rings. The van der Waals surface area contributed by atoms with Crippen molar-refractivity contribution in [2.45, 2.75) is 12.8 Å². The molecule has 2 aliphatic carbocycles. The first kappa shape index (κ1) is 13.3. The van der Waals surface area contributed by atoms with E-state index in [1.807, 2.05) is 0 Å². The molecule has 0 bridgehead atoms. The molecular weight excluding hydrogens is 372 g/mol. The normalized spacial score (nSPS) is 16.9. The van der Waals surface area contributed by atoms with Gasteiger partial charge in [0.15, 0.2) is 0 Å². The van der Waals surface area contributed by atoms with Gasteiger partial charge in [-0.15, -0.1) is 0 Å². The summed E-state index contributed by atoms with van der Waals surface area (Å²) in [7, 11) is 0. The van der Waals surface area contributed by atoms with Gasteiger partial charge in [0, 0.05) is 0 Å². The van der Waals surface area contributed by atoms with Gasteiger partial charge in [0.05, 0.1) is 0 Å². The molecule has 0 unspecified atom stereocenters. The first-order valence-corrected chi connectivity index (χ1v) is 7.09. The van der Waals surface area contributed by atoms with Gasteiger partial charge in [0.1, 0.15) is 0 Å². The zero-order chi connectivity index (χ0) is 7.52. The second-order valence-corrected chi connectivity index (χ2v) is 7.62. The molecule has 0 aliphatic heterocycles. The third-order valence-corrected chi connectivity index (χ3v) is 6.24. The van der Waals surface area contributed by atoms with Crippen LogP contribution in [-0.2, 0) is 19.8 Å². The molecule has 0 N–H and O–H groups in total. The zero-order valence-electron chi connectivity index (χ0n) is 7.08. The SMILES string of the molecule is C1=CC[C]([Ta+2][C]2=CC=CC2)=C1.[Cl-].[Cl-]. The molecule has 0 saturated heterocycles. The molecule has 2 aliphatic rings. The topological polar surface area (TPSA) is 0 Å². The molecule has 3 heteroatoms. The van der Waals surface area contributed by atoms with Gasteiger partial charge in [-0.2, -0.15) is 0 Å². The van der Waals surface area contributed by atoms with Gasteiger partial charge in [-0.05, 0) is 0 Å². The fourth-order valence-corrected chi connectivity index (χ4v) is 5.11. The number of allylic oxidation sites excluding steroid dienone is 8. The molecule has 0 heterocycles. The average Bonchev–Trinajstić information content (AvgIpc) is 2.60. The maximum atomic E-state index is 2.32. The minimum absolute atomic E-state index is 0. The maximum Gasteiger partial charge on any atom is -1.00 e. The van der Waals surface area contributed by atoms with Crippen molar-refractivity contribution in [3.8, 4) is 0 Å². The summed E-state index contributed by atoms with van der Waals surface area (Å²) in [4.78, 5) is 0. The average molecular weight is 382 g/mol. The van der Waals surface area contributed by atoms with E-state index in [0.29, 0.717) is 0 Å². The molecule has 0 saturated carbocycles. The minimum Gasteiger partial charge on any atom is -1.00 e. The molecule has 0 amide bonds. The van der Waals surface area contributed by atoms with Crippen LogP contribution in [0.2, 0.25) is 0 Å². The Kier molecular flexibility index (Phi) is 6.84. The number of rotatable bonds is 2. The second kappa shape index (κ2) is 6.69. The summed E-state index contributed by atoms with van der Waals surface area (Å²) in [5, 5.41) is 0. The predicted octanol–water partition coefficient (Wildman–Crippen LogP) is -3.24. The summed E-state index contributed by atoms with van der Waals surface area (Å²) in [6.07, 6.45) is 16.0. The van der Waals surface area contributed by atoms with Crippen LogP contribution in [0.3, 0.4) is 0 Å². The Bertz CT molecular complexity index is 247. The van der Waals surface area contributed by atoms with Crippen molar-refractivity contribution < 1.29 is 44.6 Å². The first-order valence-electron chi connectivity index (χ1n) is 3.88. The molecule has 0 aromatic heterocycles. The standard InChI is InChI=1S/2C5H5.2ClH.Ta/c2*1-2-4-5-3-1;;;/h2*1-3H,4H2;2*1H;/q;;;;+2/p-2. The van der Waals surface area contributed by atoms with Crippen LogP contribution < -0.4 is 24.8 Å². The van der Waals surface area contributed by atoms with Crippen LogP contribution >= 0.6 is 0 Å². The van der Waals surface area contributed by atoms with E-state index in [4.69, 9.17) is 0 Å². The van der Waals surface area contributed by atoms with Crippen LogP contribution in [0.25, 0.3) is 0 Å². The minimum atomic E-state index is -0.404. The molecule has 0 aromatic carbocycles. The van der Waals surface area contributed by atoms with E-state index in [9.17, 15) is 0 Å². The fraction of sp³-hybridized carbons (Fsp3) is 0.200. The second-order valence-electron chi connectivity index (χ2n) is 2.69. The van der Waals surface area contributed by atoms with Gasteiger partial charge < -0.3 is 24.8 Å². The largest absolute Gasteiger partial charge is 1.00 e. The van der Waals surface area contributed by atoms with E-state index in [2.05, 4.69) is 36.5 Å². The Balaban J connectivity index is 0.000000720. The van der Waals surface area contributed by atoms with E-state index >= 15 is 0 Å².